The maximum absolute atomic E-state index is 12.2. The van der Waals surface area contributed by atoms with Crippen LogP contribution in [-0.2, 0) is 15.0 Å². The summed E-state index contributed by atoms with van der Waals surface area (Å²) in [6.45, 7) is 0.556. The molecular formula is C15H19NO3. The Morgan fingerprint density at radius 3 is 2.42 bits per heavy atom. The zero-order valence-corrected chi connectivity index (χ0v) is 10.9. The van der Waals surface area contributed by atoms with Crippen LogP contribution >= 0.6 is 0 Å². The zero-order valence-electron chi connectivity index (χ0n) is 10.9. The third-order valence-electron chi connectivity index (χ3n) is 3.61. The molecular weight excluding hydrogens is 242 g/mol. The summed E-state index contributed by atoms with van der Waals surface area (Å²) in [7, 11) is 0. The van der Waals surface area contributed by atoms with E-state index in [4.69, 9.17) is 5.11 Å². The van der Waals surface area contributed by atoms with Gasteiger partial charge >= 0.3 is 5.97 Å². The molecule has 0 aromatic heterocycles. The average molecular weight is 261 g/mol. The van der Waals surface area contributed by atoms with Crippen LogP contribution < -0.4 is 5.32 Å². The fourth-order valence-electron chi connectivity index (χ4n) is 2.30. The molecule has 2 N–H and O–H groups in total. The summed E-state index contributed by atoms with van der Waals surface area (Å²) in [4.78, 5) is 22.6. The molecule has 0 spiro atoms. The maximum Gasteiger partial charge on any atom is 0.303 e. The number of carbonyl (C=O) groups is 2. The second kappa shape index (κ2) is 5.87. The molecule has 19 heavy (non-hydrogen) atoms. The normalized spacial score (nSPS) is 15.8. The molecule has 0 unspecified atom stereocenters. The topological polar surface area (TPSA) is 66.4 Å². The summed E-state index contributed by atoms with van der Waals surface area (Å²) >= 11 is 0. The summed E-state index contributed by atoms with van der Waals surface area (Å²) in [6.07, 6.45) is 3.28. The summed E-state index contributed by atoms with van der Waals surface area (Å²) in [5.74, 6) is -0.705. The van der Waals surface area contributed by atoms with Crippen molar-refractivity contribution in [2.75, 3.05) is 6.54 Å². The van der Waals surface area contributed by atoms with Gasteiger partial charge in [-0.15, -0.1) is 0 Å². The van der Waals surface area contributed by atoms with E-state index in [9.17, 15) is 9.59 Å². The van der Waals surface area contributed by atoms with Crippen LogP contribution in [0, 0.1) is 0 Å². The fourth-order valence-corrected chi connectivity index (χ4v) is 2.30. The van der Waals surface area contributed by atoms with Crippen molar-refractivity contribution in [3.05, 3.63) is 35.9 Å². The van der Waals surface area contributed by atoms with E-state index in [1.807, 2.05) is 30.3 Å². The van der Waals surface area contributed by atoms with Crippen LogP contribution in [0.4, 0.5) is 0 Å². The van der Waals surface area contributed by atoms with E-state index in [-0.39, 0.29) is 17.7 Å². The Hall–Kier alpha value is -1.84. The molecule has 1 aromatic carbocycles. The number of unbranched alkanes of at least 4 members (excludes halogenated alkanes) is 1. The van der Waals surface area contributed by atoms with E-state index in [1.54, 1.807) is 0 Å². The highest BCUT2D eigenvalue weighted by atomic mass is 16.4. The Morgan fingerprint density at radius 2 is 1.84 bits per heavy atom. The van der Waals surface area contributed by atoms with Crippen molar-refractivity contribution in [1.29, 1.82) is 0 Å². The molecule has 4 nitrogen and oxygen atoms in total. The summed E-state index contributed by atoms with van der Waals surface area (Å²) in [5, 5.41) is 11.4. The first-order valence-electron chi connectivity index (χ1n) is 6.71. The molecule has 0 atom stereocenters. The molecule has 1 aliphatic rings. The Balaban J connectivity index is 1.79. The molecule has 1 amide bonds. The van der Waals surface area contributed by atoms with Gasteiger partial charge in [-0.2, -0.15) is 0 Å². The minimum Gasteiger partial charge on any atom is -0.481 e. The molecule has 0 saturated heterocycles. The molecule has 0 aliphatic heterocycles. The van der Waals surface area contributed by atoms with Gasteiger partial charge in [0.15, 0.2) is 0 Å². The van der Waals surface area contributed by atoms with Crippen LogP contribution in [-0.4, -0.2) is 23.5 Å². The first-order valence-corrected chi connectivity index (χ1v) is 6.71. The molecule has 1 saturated carbocycles. The minimum absolute atomic E-state index is 0.0778. The van der Waals surface area contributed by atoms with Crippen LogP contribution in [0.3, 0.4) is 0 Å². The second-order valence-electron chi connectivity index (χ2n) is 5.05. The molecule has 0 radical (unpaired) electrons. The number of hydrogen-bond donors (Lipinski definition) is 2. The lowest BCUT2D eigenvalue weighted by molar-refractivity contribution is -0.137. The van der Waals surface area contributed by atoms with Crippen molar-refractivity contribution < 1.29 is 14.7 Å². The third-order valence-corrected chi connectivity index (χ3v) is 3.61. The predicted octanol–water partition coefficient (Wildman–Crippen LogP) is 2.09. The average Bonchev–Trinajstić information content (AvgIpc) is 3.20. The molecule has 0 bridgehead atoms. The van der Waals surface area contributed by atoms with E-state index >= 15 is 0 Å². The van der Waals surface area contributed by atoms with E-state index in [0.717, 1.165) is 18.4 Å². The highest BCUT2D eigenvalue weighted by Crippen LogP contribution is 2.48. The lowest BCUT2D eigenvalue weighted by Gasteiger charge is -2.15. The van der Waals surface area contributed by atoms with E-state index in [1.165, 1.54) is 0 Å². The monoisotopic (exact) mass is 261 g/mol. The molecule has 2 rings (SSSR count). The van der Waals surface area contributed by atoms with Crippen LogP contribution in [0.2, 0.25) is 0 Å². The van der Waals surface area contributed by atoms with Crippen LogP contribution in [0.1, 0.15) is 37.7 Å². The number of carboxylic acid groups (broad SMARTS) is 1. The fraction of sp³-hybridized carbons (Fsp3) is 0.467. The largest absolute Gasteiger partial charge is 0.481 e. The van der Waals surface area contributed by atoms with Gasteiger partial charge in [0.25, 0.3) is 0 Å². The molecule has 1 aliphatic carbocycles. The number of carbonyl (C=O) groups excluding carboxylic acids is 1. The van der Waals surface area contributed by atoms with Crippen molar-refractivity contribution in [2.24, 2.45) is 0 Å². The quantitative estimate of drug-likeness (QED) is 0.739. The predicted molar refractivity (Wildman–Crippen MR) is 71.9 cm³/mol. The van der Waals surface area contributed by atoms with Crippen LogP contribution in [0.5, 0.6) is 0 Å². The molecule has 1 aromatic rings. The van der Waals surface area contributed by atoms with Gasteiger partial charge in [-0.05, 0) is 31.2 Å². The zero-order chi connectivity index (χ0) is 13.7. The third kappa shape index (κ3) is 3.34. The Kier molecular flexibility index (Phi) is 4.20. The number of hydrogen-bond acceptors (Lipinski definition) is 2. The molecule has 1 fully saturated rings. The van der Waals surface area contributed by atoms with E-state index in [0.29, 0.717) is 19.4 Å². The molecule has 0 heterocycles. The van der Waals surface area contributed by atoms with Gasteiger partial charge in [0.1, 0.15) is 0 Å². The number of amides is 1. The summed E-state index contributed by atoms with van der Waals surface area (Å²) in [6, 6.07) is 9.85. The first kappa shape index (κ1) is 13.6. The van der Waals surface area contributed by atoms with Gasteiger partial charge in [-0.3, -0.25) is 9.59 Å². The van der Waals surface area contributed by atoms with Gasteiger partial charge in [-0.25, -0.2) is 0 Å². The smallest absolute Gasteiger partial charge is 0.303 e. The van der Waals surface area contributed by atoms with Crippen LogP contribution in [0.25, 0.3) is 0 Å². The summed E-state index contributed by atoms with van der Waals surface area (Å²) in [5.41, 5.74) is 0.756. The van der Waals surface area contributed by atoms with Gasteiger partial charge in [0.05, 0.1) is 5.41 Å². The second-order valence-corrected chi connectivity index (χ2v) is 5.05. The van der Waals surface area contributed by atoms with Gasteiger partial charge in [0, 0.05) is 13.0 Å². The Morgan fingerprint density at radius 1 is 1.16 bits per heavy atom. The number of nitrogens with one attached hydrogen (secondary N) is 1. The van der Waals surface area contributed by atoms with Crippen LogP contribution in [0.15, 0.2) is 30.3 Å². The SMILES string of the molecule is O=C(O)CCCCNC(=O)C1(c2ccccc2)CC1. The lowest BCUT2D eigenvalue weighted by Crippen LogP contribution is -2.35. The van der Waals surface area contributed by atoms with Crippen molar-refractivity contribution >= 4 is 11.9 Å². The van der Waals surface area contributed by atoms with Crippen molar-refractivity contribution in [3.63, 3.8) is 0 Å². The molecule has 102 valence electrons. The number of benzene rings is 1. The Bertz CT molecular complexity index is 452. The van der Waals surface area contributed by atoms with Gasteiger partial charge < -0.3 is 10.4 Å². The number of carboxylic acids is 1. The standard InChI is InChI=1S/C15H19NO3/c17-13(18)8-4-5-11-16-14(19)15(9-10-15)12-6-2-1-3-7-12/h1-3,6-7H,4-5,8-11H2,(H,16,19)(H,17,18). The van der Waals surface area contributed by atoms with Gasteiger partial charge in [-0.1, -0.05) is 30.3 Å². The van der Waals surface area contributed by atoms with Crippen molar-refractivity contribution in [3.8, 4) is 0 Å². The van der Waals surface area contributed by atoms with Crippen molar-refractivity contribution in [2.45, 2.75) is 37.5 Å². The summed E-state index contributed by atoms with van der Waals surface area (Å²) < 4.78 is 0. The first-order chi connectivity index (χ1) is 9.15. The minimum atomic E-state index is -0.783. The lowest BCUT2D eigenvalue weighted by atomic mass is 9.95. The maximum atomic E-state index is 12.2. The number of aliphatic carboxylic acids is 1. The van der Waals surface area contributed by atoms with E-state index in [2.05, 4.69) is 5.32 Å². The van der Waals surface area contributed by atoms with E-state index < -0.39 is 5.97 Å². The molecule has 4 heteroatoms. The number of rotatable bonds is 7. The van der Waals surface area contributed by atoms with Gasteiger partial charge in [0.2, 0.25) is 5.91 Å². The van der Waals surface area contributed by atoms with Crippen molar-refractivity contribution in [1.82, 2.24) is 5.32 Å². The Labute approximate surface area is 112 Å². The highest BCUT2D eigenvalue weighted by Gasteiger charge is 2.50. The highest BCUT2D eigenvalue weighted by molar-refractivity contribution is 5.91.